The zero-order chi connectivity index (χ0) is 89.7. The molecule has 50 heteroatoms. The second kappa shape index (κ2) is 50.9. The number of thiol groups is 2. The van der Waals surface area contributed by atoms with Gasteiger partial charge >= 0.3 is 5.97 Å². The molecule has 1 fully saturated rings. The Morgan fingerprint density at radius 3 is 1.45 bits per heavy atom. The largest absolute Gasteiger partial charge is 0.480 e. The molecule has 0 unspecified atom stereocenters. The lowest BCUT2D eigenvalue weighted by Gasteiger charge is -2.29. The van der Waals surface area contributed by atoms with Crippen LogP contribution in [-0.4, -0.2) is 320 Å². The summed E-state index contributed by atoms with van der Waals surface area (Å²) in [5.41, 5.74) is 28.2. The first kappa shape index (κ1) is 102. The number of aliphatic hydroxyl groups is 5. The minimum atomic E-state index is -1.92. The molecule has 119 heavy (non-hydrogen) atoms. The van der Waals surface area contributed by atoms with Crippen LogP contribution < -0.4 is 108 Å². The number of para-hydroxylation sites is 1. The second-order valence-corrected chi connectivity index (χ2v) is 28.5. The Bertz CT molecular complexity index is 3960. The molecule has 18 amide bonds. The van der Waals surface area contributed by atoms with Crippen molar-refractivity contribution in [1.29, 1.82) is 0 Å². The van der Waals surface area contributed by atoms with E-state index in [0.717, 1.165) is 20.8 Å². The zero-order valence-corrected chi connectivity index (χ0v) is 67.5. The average Bonchev–Trinajstić information content (AvgIpc) is 1.70. The third-order valence-electron chi connectivity index (χ3n) is 18.0. The number of aliphatic carboxylic acids is 1. The highest BCUT2D eigenvalue weighted by Gasteiger charge is 2.41. The molecule has 3 rings (SSSR count). The van der Waals surface area contributed by atoms with E-state index in [0.29, 0.717) is 22.9 Å². The van der Waals surface area contributed by atoms with Crippen molar-refractivity contribution in [1.82, 2.24) is 89.6 Å². The first-order valence-electron chi connectivity index (χ1n) is 37.3. The summed E-state index contributed by atoms with van der Waals surface area (Å²) in [6, 6.07) is -15.7. The molecule has 0 aliphatic carbocycles. The summed E-state index contributed by atoms with van der Waals surface area (Å²) in [6.45, 7) is 0.968. The number of carboxylic acid groups (broad SMARTS) is 1. The number of aliphatic hydroxyl groups excluding tert-OH is 5. The molecule has 48 nitrogen and oxygen atoms in total. The molecule has 2 aromatic rings. The van der Waals surface area contributed by atoms with E-state index in [1.165, 1.54) is 18.7 Å². The number of carboxylic acids is 1. The fraction of sp³-hybridized carbons (Fsp3) is 0.594. The quantitative estimate of drug-likeness (QED) is 0.0127. The number of nitrogens with two attached hydrogens (primary N) is 5. The number of H-pyrrole nitrogens is 1. The Hall–Kier alpha value is -11.6. The van der Waals surface area contributed by atoms with Gasteiger partial charge < -0.3 is 149 Å². The maximum Gasteiger partial charge on any atom is 0.326 e. The highest BCUT2D eigenvalue weighted by molar-refractivity contribution is 7.80. The van der Waals surface area contributed by atoms with Crippen molar-refractivity contribution in [3.8, 4) is 0 Å². The molecule has 1 aliphatic rings. The minimum Gasteiger partial charge on any atom is -0.480 e. The lowest BCUT2D eigenvalue weighted by atomic mass is 10.0. The van der Waals surface area contributed by atoms with Gasteiger partial charge in [-0.05, 0) is 76.8 Å². The van der Waals surface area contributed by atoms with Gasteiger partial charge in [0.05, 0.1) is 51.7 Å². The second-order valence-electron chi connectivity index (χ2n) is 27.8. The molecule has 0 spiro atoms. The summed E-state index contributed by atoms with van der Waals surface area (Å²) in [6.07, 6.45) is -3.62. The fourth-order valence-corrected chi connectivity index (χ4v) is 11.9. The standard InChI is InChI=1S/C69H109N23O25S2/c1-30(2)52(64(112)82-39(15-17-48(72)99)58(106)90-54(33(5)97)66(114)83-40(68(116)117)12-8-18-75-69(73)74)89-51(102)24-78-49(100)22-77-50(101)23-79-56(104)44(28-118)87-61(109)42(26-94)85-55(103)31(3)80-65(113)53(32(4)96)91-62(110)45(29-119)88-57(105)38(14-16-47(71)98)81-60(108)43(27-95)86-59(107)41(20-34-21-76-37-11-7-6-10-35(34)37)84-63(111)46-13-9-19-92(46)67(115)36(70)25-93/h6-7,10-11,21,30-33,36,38-46,52-54,76,93-97,118-119H,8-9,12-20,22-29,70H2,1-5H3,(H2,71,98)(H2,72,99)(H,77,101)(H,78,100)(H,79,104)(H,80,113)(H,81,108)(H,82,112)(H,83,114)(H,84,111)(H,85,103)(H,86,107)(H,87,109)(H,88,105)(H,89,102)(H,90,106)(H,91,110)(H,116,117)(H4,73,74,75)/t31-,32+,33+,36-,38-,39-,40-,41-,42-,43-,44-,45-,46-,52-,53-,54-/m0/s1. The topological polar surface area (TPSA) is 788 Å². The maximum absolute atomic E-state index is 14.2. The number of hydrogen-bond acceptors (Lipinski definition) is 28. The molecule has 32 N–H and O–H groups in total. The van der Waals surface area contributed by atoms with Gasteiger partial charge in [-0.1, -0.05) is 32.0 Å². The number of carbonyl (C=O) groups excluding carboxylic acids is 18. The van der Waals surface area contributed by atoms with Gasteiger partial charge in [0, 0.05) is 61.0 Å². The van der Waals surface area contributed by atoms with Crippen LogP contribution in [0.2, 0.25) is 0 Å². The smallest absolute Gasteiger partial charge is 0.326 e. The maximum atomic E-state index is 14.2. The van der Waals surface area contributed by atoms with Crippen molar-refractivity contribution in [3.63, 3.8) is 0 Å². The summed E-state index contributed by atoms with van der Waals surface area (Å²) >= 11 is 8.17. The Morgan fingerprint density at radius 1 is 0.504 bits per heavy atom. The van der Waals surface area contributed by atoms with Crippen LogP contribution >= 0.6 is 25.3 Å². The van der Waals surface area contributed by atoms with Crippen LogP contribution in [-0.2, 0) is 97.5 Å². The number of rotatable bonds is 52. The van der Waals surface area contributed by atoms with Crippen molar-refractivity contribution < 1.29 is 122 Å². The van der Waals surface area contributed by atoms with E-state index in [4.69, 9.17) is 28.7 Å². The van der Waals surface area contributed by atoms with Crippen LogP contribution in [0.4, 0.5) is 0 Å². The molecule has 1 aromatic carbocycles. The Balaban J connectivity index is 1.58. The molecule has 0 bridgehead atoms. The third-order valence-corrected chi connectivity index (χ3v) is 18.7. The Kier molecular flexibility index (Phi) is 43.5. The van der Waals surface area contributed by atoms with Gasteiger partial charge in [-0.3, -0.25) is 91.3 Å². The summed E-state index contributed by atoms with van der Waals surface area (Å²) in [5, 5.41) is 95.6. The monoisotopic (exact) mass is 1720 g/mol. The van der Waals surface area contributed by atoms with E-state index in [9.17, 15) is 122 Å². The number of aromatic nitrogens is 1. The minimum absolute atomic E-state index is 0.0135. The van der Waals surface area contributed by atoms with Gasteiger partial charge in [-0.2, -0.15) is 25.3 Å². The Morgan fingerprint density at radius 2 is 0.950 bits per heavy atom. The number of hydrogen-bond donors (Lipinski definition) is 29. The van der Waals surface area contributed by atoms with E-state index in [-0.39, 0.29) is 44.7 Å². The lowest BCUT2D eigenvalue weighted by molar-refractivity contribution is -0.143. The highest BCUT2D eigenvalue weighted by Crippen LogP contribution is 2.22. The SMILES string of the molecule is CC(C)[C@H](NC(=O)CNC(=O)CNC(=O)CNC(=O)[C@H](CS)NC(=O)[C@H](CO)NC(=O)[C@H](C)NC(=O)[C@@H](NC(=O)[C@H](CS)NC(=O)[C@H](CCC(N)=O)NC(=O)[C@H](CO)NC(=O)[C@H](Cc1c[nH]c2ccccc12)NC(=O)[C@@H]1CCCN1C(=O)[C@@H](N)CO)[C@@H](C)O)C(=O)N[C@@H](CCC(N)=O)C(=O)N[C@H](C(=O)N[C@@H](CCCN=C(N)N)C(=O)O)[C@@H](C)O. The number of aromatic amines is 1. The van der Waals surface area contributed by atoms with E-state index in [2.05, 4.69) is 115 Å². The number of nitrogens with one attached hydrogen (secondary N) is 16. The fourth-order valence-electron chi connectivity index (χ4n) is 11.4. The van der Waals surface area contributed by atoms with E-state index in [1.54, 1.807) is 30.5 Å². The number of likely N-dealkylation sites (tertiary alicyclic amines) is 1. The van der Waals surface area contributed by atoms with Crippen LogP contribution in [0.1, 0.15) is 91.5 Å². The number of fused-ring (bicyclic) bond motifs is 1. The number of carbonyl (C=O) groups is 19. The predicted octanol–water partition coefficient (Wildman–Crippen LogP) is -13.9. The van der Waals surface area contributed by atoms with Gasteiger partial charge in [0.15, 0.2) is 5.96 Å². The van der Waals surface area contributed by atoms with E-state index < -0.39 is 292 Å². The number of primary amides is 2. The first-order chi connectivity index (χ1) is 56.0. The molecule has 1 saturated heterocycles. The van der Waals surface area contributed by atoms with Gasteiger partial charge in [0.1, 0.15) is 84.6 Å². The molecular formula is C69H109N23O25S2. The highest BCUT2D eigenvalue weighted by atomic mass is 32.1. The number of benzene rings is 1. The summed E-state index contributed by atoms with van der Waals surface area (Å²) in [4.78, 5) is 259. The summed E-state index contributed by atoms with van der Waals surface area (Å²) in [7, 11) is 0. The van der Waals surface area contributed by atoms with Gasteiger partial charge in [-0.25, -0.2) is 4.79 Å². The van der Waals surface area contributed by atoms with Crippen LogP contribution in [0.5, 0.6) is 0 Å². The molecule has 1 aromatic heterocycles. The van der Waals surface area contributed by atoms with Crippen molar-refractivity contribution in [2.24, 2.45) is 39.6 Å². The zero-order valence-electron chi connectivity index (χ0n) is 65.8. The van der Waals surface area contributed by atoms with Crippen LogP contribution in [0.3, 0.4) is 0 Å². The van der Waals surface area contributed by atoms with Gasteiger partial charge in [0.2, 0.25) is 106 Å². The molecule has 16 atom stereocenters. The normalized spacial score (nSPS) is 16.2. The molecular weight excluding hydrogens is 1620 g/mol. The average molecular weight is 1720 g/mol. The van der Waals surface area contributed by atoms with Crippen molar-refractivity contribution >= 4 is 154 Å². The molecule has 662 valence electrons. The lowest BCUT2D eigenvalue weighted by Crippen LogP contribution is -2.62. The number of guanidine groups is 1. The van der Waals surface area contributed by atoms with Gasteiger partial charge in [0.25, 0.3) is 0 Å². The van der Waals surface area contributed by atoms with E-state index in [1.807, 2.05) is 0 Å². The number of amides is 18. The summed E-state index contributed by atoms with van der Waals surface area (Å²) < 4.78 is 0. The molecule has 0 saturated carbocycles. The Labute approximate surface area is 691 Å². The van der Waals surface area contributed by atoms with Crippen LogP contribution in [0.15, 0.2) is 35.5 Å². The van der Waals surface area contributed by atoms with Crippen LogP contribution in [0.25, 0.3) is 10.9 Å². The van der Waals surface area contributed by atoms with Crippen molar-refractivity contribution in [2.45, 2.75) is 189 Å². The third kappa shape index (κ3) is 34.1. The van der Waals surface area contributed by atoms with Crippen molar-refractivity contribution in [2.75, 3.05) is 64.1 Å². The predicted molar refractivity (Wildman–Crippen MR) is 424 cm³/mol. The van der Waals surface area contributed by atoms with Crippen LogP contribution in [0, 0.1) is 5.92 Å². The molecule has 1 aliphatic heterocycles. The molecule has 2 heterocycles. The van der Waals surface area contributed by atoms with E-state index >= 15 is 0 Å². The molecule has 0 radical (unpaired) electrons. The number of nitrogens with zero attached hydrogens (tertiary/aromatic N) is 2. The first-order valence-corrected chi connectivity index (χ1v) is 38.6. The number of aliphatic imine (C=N–C) groups is 1. The summed E-state index contributed by atoms with van der Waals surface area (Å²) in [5.74, 6) is -22.3. The van der Waals surface area contributed by atoms with Crippen molar-refractivity contribution in [3.05, 3.63) is 36.0 Å². The van der Waals surface area contributed by atoms with Gasteiger partial charge in [-0.15, -0.1) is 0 Å².